The Labute approximate surface area is 147 Å². The van der Waals surface area contributed by atoms with E-state index in [1.807, 2.05) is 0 Å². The molecule has 1 saturated heterocycles. The van der Waals surface area contributed by atoms with Crippen molar-refractivity contribution < 1.29 is 28.5 Å². The van der Waals surface area contributed by atoms with Crippen LogP contribution in [0, 0.1) is 5.92 Å². The minimum absolute atomic E-state index is 0.179. The van der Waals surface area contributed by atoms with Gasteiger partial charge in [0.25, 0.3) is 5.79 Å². The monoisotopic (exact) mass is 348 g/mol. The number of benzene rings is 1. The summed E-state index contributed by atoms with van der Waals surface area (Å²) in [5.74, 6) is -1.23. The summed E-state index contributed by atoms with van der Waals surface area (Å²) >= 11 is 0. The maximum Gasteiger partial charge on any atom is 0.348 e. The second-order valence-electron chi connectivity index (χ2n) is 6.65. The molecule has 1 fully saturated rings. The van der Waals surface area contributed by atoms with E-state index in [-0.39, 0.29) is 5.57 Å². The van der Waals surface area contributed by atoms with Crippen molar-refractivity contribution in [3.8, 4) is 11.5 Å². The Morgan fingerprint density at radius 1 is 1.16 bits per heavy atom. The van der Waals surface area contributed by atoms with E-state index in [2.05, 4.69) is 13.8 Å². The number of carbonyl (C=O) groups is 2. The lowest BCUT2D eigenvalue weighted by atomic mass is 10.1. The molecule has 0 bridgehead atoms. The van der Waals surface area contributed by atoms with Crippen LogP contribution in [-0.4, -0.2) is 31.4 Å². The first-order chi connectivity index (χ1) is 11.7. The minimum Gasteiger partial charge on any atom is -0.493 e. The first-order valence-corrected chi connectivity index (χ1v) is 8.21. The van der Waals surface area contributed by atoms with Gasteiger partial charge in [-0.15, -0.1) is 0 Å². The number of ether oxygens (including phenoxy) is 4. The number of hydrogen-bond acceptors (Lipinski definition) is 6. The van der Waals surface area contributed by atoms with Crippen molar-refractivity contribution in [2.24, 2.45) is 5.92 Å². The van der Waals surface area contributed by atoms with Crippen LogP contribution >= 0.6 is 0 Å². The highest BCUT2D eigenvalue weighted by atomic mass is 16.7. The molecule has 0 N–H and O–H groups in total. The number of esters is 2. The van der Waals surface area contributed by atoms with Crippen molar-refractivity contribution in [2.45, 2.75) is 39.9 Å². The molecular weight excluding hydrogens is 324 g/mol. The molecule has 1 aliphatic heterocycles. The van der Waals surface area contributed by atoms with Crippen LogP contribution in [0.3, 0.4) is 0 Å². The number of hydrogen-bond donors (Lipinski definition) is 0. The second-order valence-corrected chi connectivity index (χ2v) is 6.65. The van der Waals surface area contributed by atoms with E-state index in [1.165, 1.54) is 27.0 Å². The van der Waals surface area contributed by atoms with Gasteiger partial charge in [-0.25, -0.2) is 9.59 Å². The third-order valence-corrected chi connectivity index (χ3v) is 3.59. The smallest absolute Gasteiger partial charge is 0.348 e. The van der Waals surface area contributed by atoms with E-state index < -0.39 is 17.7 Å². The third kappa shape index (κ3) is 4.75. The van der Waals surface area contributed by atoms with Crippen LogP contribution < -0.4 is 9.47 Å². The molecule has 0 aromatic heterocycles. The normalized spacial score (nSPS) is 16.3. The van der Waals surface area contributed by atoms with Crippen LogP contribution in [-0.2, 0) is 19.1 Å². The SMILES string of the molecule is COc1cccc(C=C2C(=O)OC(C)(C)OC2=O)c1OCCC(C)C. The van der Waals surface area contributed by atoms with Crippen molar-refractivity contribution in [2.75, 3.05) is 13.7 Å². The van der Waals surface area contributed by atoms with E-state index in [9.17, 15) is 9.59 Å². The quantitative estimate of drug-likeness (QED) is 0.446. The van der Waals surface area contributed by atoms with E-state index in [4.69, 9.17) is 18.9 Å². The molecule has 0 amide bonds. The number of para-hydroxylation sites is 1. The Kier molecular flexibility index (Phi) is 5.72. The van der Waals surface area contributed by atoms with Gasteiger partial charge in [0.2, 0.25) is 0 Å². The average molecular weight is 348 g/mol. The molecule has 0 radical (unpaired) electrons. The molecule has 1 aliphatic rings. The molecule has 1 heterocycles. The van der Waals surface area contributed by atoms with Gasteiger partial charge in [-0.2, -0.15) is 0 Å². The van der Waals surface area contributed by atoms with Crippen molar-refractivity contribution in [1.82, 2.24) is 0 Å². The van der Waals surface area contributed by atoms with E-state index >= 15 is 0 Å². The Balaban J connectivity index is 2.35. The zero-order valence-corrected chi connectivity index (χ0v) is 15.3. The van der Waals surface area contributed by atoms with Crippen LogP contribution in [0.2, 0.25) is 0 Å². The Morgan fingerprint density at radius 3 is 2.36 bits per heavy atom. The molecule has 25 heavy (non-hydrogen) atoms. The first-order valence-electron chi connectivity index (χ1n) is 8.21. The summed E-state index contributed by atoms with van der Waals surface area (Å²) in [4.78, 5) is 24.3. The summed E-state index contributed by atoms with van der Waals surface area (Å²) in [6.45, 7) is 7.71. The standard InChI is InChI=1S/C19H24O6/c1-12(2)9-10-23-16-13(7-6-8-15(16)22-5)11-14-17(20)24-19(3,4)25-18(14)21/h6-8,11-12H,9-10H2,1-5H3. The number of rotatable bonds is 6. The minimum atomic E-state index is -1.27. The van der Waals surface area contributed by atoms with Gasteiger partial charge in [-0.1, -0.05) is 26.0 Å². The maximum atomic E-state index is 12.1. The molecule has 2 rings (SSSR count). The summed E-state index contributed by atoms with van der Waals surface area (Å²) < 4.78 is 21.4. The van der Waals surface area contributed by atoms with Crippen LogP contribution in [0.15, 0.2) is 23.8 Å². The average Bonchev–Trinajstić information content (AvgIpc) is 2.50. The molecule has 1 aromatic carbocycles. The fourth-order valence-electron chi connectivity index (χ4n) is 2.29. The summed E-state index contributed by atoms with van der Waals surface area (Å²) in [7, 11) is 1.53. The summed E-state index contributed by atoms with van der Waals surface area (Å²) in [5.41, 5.74) is 0.369. The lowest BCUT2D eigenvalue weighted by molar-refractivity contribution is -0.222. The molecule has 0 unspecified atom stereocenters. The lowest BCUT2D eigenvalue weighted by Crippen LogP contribution is -2.41. The van der Waals surface area contributed by atoms with Crippen molar-refractivity contribution in [3.63, 3.8) is 0 Å². The highest BCUT2D eigenvalue weighted by Gasteiger charge is 2.39. The van der Waals surface area contributed by atoms with Gasteiger partial charge in [0.05, 0.1) is 13.7 Å². The van der Waals surface area contributed by atoms with Gasteiger partial charge < -0.3 is 18.9 Å². The Bertz CT molecular complexity index is 665. The molecule has 0 aliphatic carbocycles. The third-order valence-electron chi connectivity index (χ3n) is 3.59. The van der Waals surface area contributed by atoms with Crippen LogP contribution in [0.5, 0.6) is 11.5 Å². The van der Waals surface area contributed by atoms with Crippen LogP contribution in [0.4, 0.5) is 0 Å². The van der Waals surface area contributed by atoms with Crippen molar-refractivity contribution >= 4 is 18.0 Å². The summed E-state index contributed by atoms with van der Waals surface area (Å²) in [6, 6.07) is 5.25. The van der Waals surface area contributed by atoms with Gasteiger partial charge in [-0.3, -0.25) is 0 Å². The topological polar surface area (TPSA) is 71.1 Å². The molecule has 0 saturated carbocycles. The number of cyclic esters (lactones) is 2. The summed E-state index contributed by atoms with van der Waals surface area (Å²) in [5, 5.41) is 0. The summed E-state index contributed by atoms with van der Waals surface area (Å²) in [6.07, 6.45) is 2.28. The zero-order chi connectivity index (χ0) is 18.6. The highest BCUT2D eigenvalue weighted by Crippen LogP contribution is 2.34. The van der Waals surface area contributed by atoms with Crippen LogP contribution in [0.1, 0.15) is 39.7 Å². The predicted octanol–water partition coefficient (Wildman–Crippen LogP) is 3.34. The van der Waals surface area contributed by atoms with Gasteiger partial charge in [0.1, 0.15) is 5.57 Å². The van der Waals surface area contributed by atoms with E-state index in [0.29, 0.717) is 29.6 Å². The number of methoxy groups -OCH3 is 1. The van der Waals surface area contributed by atoms with Crippen LogP contribution in [0.25, 0.3) is 6.08 Å². The van der Waals surface area contributed by atoms with Crippen molar-refractivity contribution in [1.29, 1.82) is 0 Å². The zero-order valence-electron chi connectivity index (χ0n) is 15.3. The Hall–Kier alpha value is -2.50. The molecule has 6 heteroatoms. The maximum absolute atomic E-state index is 12.1. The predicted molar refractivity (Wildman–Crippen MR) is 92.2 cm³/mol. The van der Waals surface area contributed by atoms with Crippen molar-refractivity contribution in [3.05, 3.63) is 29.3 Å². The van der Waals surface area contributed by atoms with E-state index in [0.717, 1.165) is 6.42 Å². The fraction of sp³-hybridized carbons (Fsp3) is 0.474. The lowest BCUT2D eigenvalue weighted by Gasteiger charge is -2.29. The molecule has 0 atom stereocenters. The highest BCUT2D eigenvalue weighted by molar-refractivity contribution is 6.19. The van der Waals surface area contributed by atoms with Gasteiger partial charge in [0.15, 0.2) is 11.5 Å². The first kappa shape index (κ1) is 18.8. The number of carbonyl (C=O) groups excluding carboxylic acids is 2. The second kappa shape index (κ2) is 7.59. The molecule has 6 nitrogen and oxygen atoms in total. The van der Waals surface area contributed by atoms with Gasteiger partial charge in [0, 0.05) is 19.4 Å². The fourth-order valence-corrected chi connectivity index (χ4v) is 2.29. The van der Waals surface area contributed by atoms with Gasteiger partial charge in [-0.05, 0) is 24.5 Å². The molecule has 1 aromatic rings. The molecular formula is C19H24O6. The van der Waals surface area contributed by atoms with Gasteiger partial charge >= 0.3 is 11.9 Å². The largest absolute Gasteiger partial charge is 0.493 e. The van der Waals surface area contributed by atoms with E-state index in [1.54, 1.807) is 18.2 Å². The molecule has 136 valence electrons. The molecule has 0 spiro atoms. The Morgan fingerprint density at radius 2 is 1.80 bits per heavy atom.